The Kier molecular flexibility index (Phi) is 5.37. The summed E-state index contributed by atoms with van der Waals surface area (Å²) >= 11 is 0. The summed E-state index contributed by atoms with van der Waals surface area (Å²) in [6, 6.07) is 23.6. The summed E-state index contributed by atoms with van der Waals surface area (Å²) in [6.07, 6.45) is 4.00. The second-order valence-electron chi connectivity index (χ2n) is 10.6. The minimum atomic E-state index is -1.01. The van der Waals surface area contributed by atoms with Crippen LogP contribution in [0.5, 0.6) is 17.2 Å². The van der Waals surface area contributed by atoms with Gasteiger partial charge in [0.05, 0.1) is 0 Å². The molecule has 7 nitrogen and oxygen atoms in total. The van der Waals surface area contributed by atoms with Crippen LogP contribution in [0.3, 0.4) is 0 Å². The van der Waals surface area contributed by atoms with Crippen molar-refractivity contribution in [3.63, 3.8) is 0 Å². The first-order chi connectivity index (χ1) is 19.0. The number of fused-ring (bicyclic) bond motifs is 5. The molecule has 4 aromatic rings. The van der Waals surface area contributed by atoms with E-state index >= 15 is 0 Å². The van der Waals surface area contributed by atoms with Crippen molar-refractivity contribution in [1.82, 2.24) is 9.97 Å². The number of hydrogen-bond donors (Lipinski definition) is 1. The fourth-order valence-corrected chi connectivity index (χ4v) is 6.62. The highest BCUT2D eigenvalue weighted by Crippen LogP contribution is 2.61. The summed E-state index contributed by atoms with van der Waals surface area (Å²) in [5.41, 5.74) is 2.43. The van der Waals surface area contributed by atoms with Crippen LogP contribution in [0, 0.1) is 0 Å². The number of aromatic nitrogens is 2. The van der Waals surface area contributed by atoms with Crippen LogP contribution in [0.25, 0.3) is 0 Å². The highest BCUT2D eigenvalue weighted by Gasteiger charge is 2.62. The van der Waals surface area contributed by atoms with Crippen molar-refractivity contribution in [3.05, 3.63) is 108 Å². The summed E-state index contributed by atoms with van der Waals surface area (Å²) in [6.45, 7) is 5.19. The van der Waals surface area contributed by atoms with Crippen molar-refractivity contribution in [2.45, 2.75) is 43.1 Å². The molecule has 1 N–H and O–H groups in total. The molecule has 0 fully saturated rings. The molecule has 3 aliphatic rings. The first-order valence-corrected chi connectivity index (χ1v) is 13.4. The lowest BCUT2D eigenvalue weighted by atomic mass is 9.60. The summed E-state index contributed by atoms with van der Waals surface area (Å²) in [4.78, 5) is 23.7. The lowest BCUT2D eigenvalue weighted by Gasteiger charge is -2.52. The van der Waals surface area contributed by atoms with Crippen LogP contribution < -0.4 is 19.5 Å². The van der Waals surface area contributed by atoms with Gasteiger partial charge in [-0.2, -0.15) is 0 Å². The maximum atomic E-state index is 14.3. The Morgan fingerprint density at radius 3 is 2.03 bits per heavy atom. The molecule has 1 amide bonds. The molecule has 196 valence electrons. The number of anilines is 1. The van der Waals surface area contributed by atoms with Gasteiger partial charge in [0.25, 0.3) is 0 Å². The van der Waals surface area contributed by atoms with Crippen LogP contribution in [-0.2, 0) is 10.2 Å². The van der Waals surface area contributed by atoms with E-state index in [4.69, 9.17) is 24.2 Å². The minimum absolute atomic E-state index is 0.0734. The second kappa shape index (κ2) is 8.83. The number of nitrogens with zero attached hydrogens (tertiary/aromatic N) is 2. The van der Waals surface area contributed by atoms with Crippen molar-refractivity contribution < 1.29 is 19.0 Å². The number of rotatable bonds is 4. The monoisotopic (exact) mass is 519 g/mol. The van der Waals surface area contributed by atoms with Gasteiger partial charge < -0.3 is 19.5 Å². The van der Waals surface area contributed by atoms with Gasteiger partial charge in [0.1, 0.15) is 30.0 Å². The molecule has 0 bridgehead atoms. The van der Waals surface area contributed by atoms with Crippen LogP contribution in [0.15, 0.2) is 85.2 Å². The number of pyridine rings is 2. The molecule has 7 rings (SSSR count). The van der Waals surface area contributed by atoms with Crippen LogP contribution in [0.1, 0.15) is 54.6 Å². The third kappa shape index (κ3) is 3.45. The maximum absolute atomic E-state index is 14.3. The normalized spacial score (nSPS) is 24.2. The number of carbonyl (C=O) groups excluding carboxylic acids is 1. The van der Waals surface area contributed by atoms with E-state index in [2.05, 4.69) is 19.2 Å². The number of benzene rings is 2. The molecule has 3 aliphatic heterocycles. The number of hydrogen-bond acceptors (Lipinski definition) is 6. The molecule has 2 aromatic heterocycles. The Bertz CT molecular complexity index is 1510. The molecule has 0 aliphatic carbocycles. The van der Waals surface area contributed by atoms with Gasteiger partial charge >= 0.3 is 0 Å². The van der Waals surface area contributed by atoms with Gasteiger partial charge in [0, 0.05) is 59.4 Å². The summed E-state index contributed by atoms with van der Waals surface area (Å²) < 4.78 is 19.1. The second-order valence-corrected chi connectivity index (χ2v) is 10.6. The van der Waals surface area contributed by atoms with E-state index in [1.165, 1.54) is 0 Å². The molecule has 1 spiro atoms. The zero-order valence-corrected chi connectivity index (χ0v) is 21.9. The third-order valence-corrected chi connectivity index (χ3v) is 8.70. The molecule has 3 unspecified atom stereocenters. The zero-order chi connectivity index (χ0) is 26.6. The molecule has 3 atom stereocenters. The molecule has 5 heterocycles. The van der Waals surface area contributed by atoms with Crippen LogP contribution in [-0.4, -0.2) is 34.7 Å². The lowest BCUT2D eigenvalue weighted by molar-refractivity contribution is -0.123. The Labute approximate surface area is 227 Å². The number of carbonyl (C=O) groups is 1. The number of ether oxygens (including phenoxy) is 3. The van der Waals surface area contributed by atoms with Crippen molar-refractivity contribution in [2.24, 2.45) is 0 Å². The largest absolute Gasteiger partial charge is 0.486 e. The van der Waals surface area contributed by atoms with E-state index in [9.17, 15) is 4.79 Å². The zero-order valence-electron chi connectivity index (χ0n) is 21.9. The fraction of sp³-hybridized carbons (Fsp3) is 0.281. The van der Waals surface area contributed by atoms with E-state index in [0.717, 1.165) is 28.2 Å². The molecule has 0 radical (unpaired) electrons. The van der Waals surface area contributed by atoms with Gasteiger partial charge in [-0.3, -0.25) is 14.8 Å². The van der Waals surface area contributed by atoms with Crippen LogP contribution >= 0.6 is 0 Å². The highest BCUT2D eigenvalue weighted by atomic mass is 16.6. The maximum Gasteiger partial charge on any atom is 0.239 e. The quantitative estimate of drug-likeness (QED) is 0.377. The molecule has 0 saturated carbocycles. The molecule has 39 heavy (non-hydrogen) atoms. The summed E-state index contributed by atoms with van der Waals surface area (Å²) in [5.74, 6) is 1.42. The van der Waals surface area contributed by atoms with Crippen LogP contribution in [0.4, 0.5) is 5.69 Å². The highest BCUT2D eigenvalue weighted by molar-refractivity contribution is 6.09. The van der Waals surface area contributed by atoms with E-state index < -0.39 is 11.0 Å². The van der Waals surface area contributed by atoms with Crippen molar-refractivity contribution >= 4 is 11.6 Å². The third-order valence-electron chi connectivity index (χ3n) is 8.70. The van der Waals surface area contributed by atoms with Gasteiger partial charge in [0.2, 0.25) is 5.91 Å². The Morgan fingerprint density at radius 2 is 1.38 bits per heavy atom. The topological polar surface area (TPSA) is 82.6 Å². The Balaban J connectivity index is 1.52. The molecular weight excluding hydrogens is 490 g/mol. The average Bonchev–Trinajstić information content (AvgIpc) is 3.27. The van der Waals surface area contributed by atoms with Gasteiger partial charge in [-0.1, -0.05) is 44.2 Å². The lowest BCUT2D eigenvalue weighted by Crippen LogP contribution is -2.57. The molecule has 2 aromatic carbocycles. The van der Waals surface area contributed by atoms with E-state index in [0.29, 0.717) is 36.9 Å². The molecular formula is C32H29N3O4. The summed E-state index contributed by atoms with van der Waals surface area (Å²) in [5, 5.41) is 3.18. The smallest absolute Gasteiger partial charge is 0.239 e. The van der Waals surface area contributed by atoms with Crippen molar-refractivity contribution in [3.8, 4) is 17.2 Å². The van der Waals surface area contributed by atoms with Crippen LogP contribution in [0.2, 0.25) is 0 Å². The number of para-hydroxylation sites is 1. The molecule has 7 heteroatoms. The SMILES string of the molecule is CC(c1ccccn1)C1(C(C)c2ccccn2)CC2(C(=O)Nc3ccccc32)c2cc3c(cc2O1)OCCO3. The number of amides is 1. The first kappa shape index (κ1) is 23.7. The van der Waals surface area contributed by atoms with E-state index in [1.54, 1.807) is 12.4 Å². The average molecular weight is 520 g/mol. The molecule has 0 saturated heterocycles. The fourth-order valence-electron chi connectivity index (χ4n) is 6.62. The van der Waals surface area contributed by atoms with Crippen molar-refractivity contribution in [2.75, 3.05) is 18.5 Å². The van der Waals surface area contributed by atoms with Gasteiger partial charge in [-0.25, -0.2) is 0 Å². The first-order valence-electron chi connectivity index (χ1n) is 13.4. The summed E-state index contributed by atoms with van der Waals surface area (Å²) in [7, 11) is 0. The predicted molar refractivity (Wildman–Crippen MR) is 147 cm³/mol. The van der Waals surface area contributed by atoms with Gasteiger partial charge in [-0.15, -0.1) is 0 Å². The van der Waals surface area contributed by atoms with E-state index in [1.807, 2.05) is 72.8 Å². The van der Waals surface area contributed by atoms with Crippen molar-refractivity contribution in [1.29, 1.82) is 0 Å². The standard InChI is InChI=1S/C32H29N3O4/c1-20(24-10-5-7-13-33-24)32(21(2)25-11-6-8-14-34-25)19-31(22-9-3-4-12-26(22)35-30(31)36)23-17-28-29(18-27(23)39-32)38-16-15-37-28/h3-14,17-18,20-21H,15-16,19H2,1-2H3,(H,35,36). The van der Waals surface area contributed by atoms with E-state index in [-0.39, 0.29) is 17.7 Å². The van der Waals surface area contributed by atoms with Gasteiger partial charge in [-0.05, 0) is 42.0 Å². The Morgan fingerprint density at radius 1 is 0.769 bits per heavy atom. The minimum Gasteiger partial charge on any atom is -0.486 e. The van der Waals surface area contributed by atoms with Gasteiger partial charge in [0.15, 0.2) is 11.5 Å². The number of nitrogens with one attached hydrogen (secondary N) is 1. The predicted octanol–water partition coefficient (Wildman–Crippen LogP) is 5.61. The Hall–Kier alpha value is -4.39.